The quantitative estimate of drug-likeness (QED) is 0.881. The first-order valence-electron chi connectivity index (χ1n) is 7.08. The van der Waals surface area contributed by atoms with Gasteiger partial charge in [0.15, 0.2) is 0 Å². The molecule has 2 aromatic rings. The number of benzene rings is 1. The van der Waals surface area contributed by atoms with Crippen molar-refractivity contribution in [3.63, 3.8) is 0 Å². The smallest absolute Gasteiger partial charge is 0.240 e. The average molecular weight is 338 g/mol. The van der Waals surface area contributed by atoms with E-state index in [9.17, 15) is 8.42 Å². The molecule has 0 amide bonds. The highest BCUT2D eigenvalue weighted by Crippen LogP contribution is 2.23. The number of nitrogens with zero attached hydrogens (tertiary/aromatic N) is 1. The van der Waals surface area contributed by atoms with E-state index in [-0.39, 0.29) is 6.04 Å². The predicted molar refractivity (Wildman–Crippen MR) is 91.9 cm³/mol. The maximum atomic E-state index is 12.6. The molecule has 120 valence electrons. The fraction of sp³-hybridized carbons (Fsp3) is 0.375. The largest absolute Gasteiger partial charge is 0.300 e. The molecule has 0 saturated carbocycles. The Balaban J connectivity index is 2.20. The SMILES string of the molecule is Cc1ccc(C)c(S(=O)(=O)NCC(c2cccs2)N(C)C)c1. The molecule has 4 nitrogen and oxygen atoms in total. The Morgan fingerprint density at radius 1 is 1.23 bits per heavy atom. The van der Waals surface area contributed by atoms with Gasteiger partial charge in [0.2, 0.25) is 10.0 Å². The first-order chi connectivity index (χ1) is 10.3. The van der Waals surface area contributed by atoms with Crippen molar-refractivity contribution in [2.24, 2.45) is 0 Å². The van der Waals surface area contributed by atoms with Gasteiger partial charge in [-0.15, -0.1) is 11.3 Å². The van der Waals surface area contributed by atoms with Gasteiger partial charge < -0.3 is 4.90 Å². The molecular formula is C16H22N2O2S2. The maximum Gasteiger partial charge on any atom is 0.240 e. The van der Waals surface area contributed by atoms with Crippen LogP contribution in [0, 0.1) is 13.8 Å². The van der Waals surface area contributed by atoms with Crippen LogP contribution in [0.5, 0.6) is 0 Å². The van der Waals surface area contributed by atoms with Gasteiger partial charge in [-0.05, 0) is 56.6 Å². The zero-order chi connectivity index (χ0) is 16.3. The zero-order valence-electron chi connectivity index (χ0n) is 13.3. The molecule has 0 radical (unpaired) electrons. The number of aryl methyl sites for hydroxylation is 2. The lowest BCUT2D eigenvalue weighted by Gasteiger charge is -2.23. The van der Waals surface area contributed by atoms with Crippen LogP contribution in [0.3, 0.4) is 0 Å². The number of sulfonamides is 1. The van der Waals surface area contributed by atoms with E-state index in [1.807, 2.05) is 62.5 Å². The zero-order valence-corrected chi connectivity index (χ0v) is 15.0. The van der Waals surface area contributed by atoms with Gasteiger partial charge in [0.05, 0.1) is 10.9 Å². The predicted octanol–water partition coefficient (Wildman–Crippen LogP) is 2.95. The highest BCUT2D eigenvalue weighted by molar-refractivity contribution is 7.89. The molecule has 22 heavy (non-hydrogen) atoms. The third kappa shape index (κ3) is 3.95. The van der Waals surface area contributed by atoms with Gasteiger partial charge in [-0.2, -0.15) is 0 Å². The first kappa shape index (κ1) is 17.1. The summed E-state index contributed by atoms with van der Waals surface area (Å²) in [6, 6.07) is 9.51. The van der Waals surface area contributed by atoms with Crippen LogP contribution in [-0.2, 0) is 10.0 Å². The number of nitrogens with one attached hydrogen (secondary N) is 1. The van der Waals surface area contributed by atoms with Crippen LogP contribution in [-0.4, -0.2) is 34.0 Å². The summed E-state index contributed by atoms with van der Waals surface area (Å²) >= 11 is 1.63. The third-order valence-corrected chi connectivity index (χ3v) is 6.13. The number of hydrogen-bond donors (Lipinski definition) is 1. The lowest BCUT2D eigenvalue weighted by atomic mass is 10.2. The topological polar surface area (TPSA) is 49.4 Å². The van der Waals surface area contributed by atoms with Crippen LogP contribution in [0.4, 0.5) is 0 Å². The molecule has 0 aliphatic heterocycles. The minimum Gasteiger partial charge on any atom is -0.300 e. The van der Waals surface area contributed by atoms with Gasteiger partial charge >= 0.3 is 0 Å². The molecule has 6 heteroatoms. The lowest BCUT2D eigenvalue weighted by molar-refractivity contribution is 0.303. The molecule has 1 aromatic heterocycles. The highest BCUT2D eigenvalue weighted by Gasteiger charge is 2.21. The first-order valence-corrected chi connectivity index (χ1v) is 9.44. The molecule has 0 spiro atoms. The van der Waals surface area contributed by atoms with Crippen molar-refractivity contribution in [2.45, 2.75) is 24.8 Å². The Morgan fingerprint density at radius 3 is 2.55 bits per heavy atom. The van der Waals surface area contributed by atoms with Crippen molar-refractivity contribution in [1.82, 2.24) is 9.62 Å². The van der Waals surface area contributed by atoms with Crippen molar-refractivity contribution in [3.05, 3.63) is 51.7 Å². The average Bonchev–Trinajstić information content (AvgIpc) is 2.95. The summed E-state index contributed by atoms with van der Waals surface area (Å²) in [5.74, 6) is 0. The Labute approximate surface area is 136 Å². The van der Waals surface area contributed by atoms with Gasteiger partial charge in [0.25, 0.3) is 0 Å². The van der Waals surface area contributed by atoms with Crippen LogP contribution in [0.25, 0.3) is 0 Å². The van der Waals surface area contributed by atoms with Crippen molar-refractivity contribution in [2.75, 3.05) is 20.6 Å². The van der Waals surface area contributed by atoms with E-state index in [1.165, 1.54) is 0 Å². The van der Waals surface area contributed by atoms with Gasteiger partial charge in [-0.1, -0.05) is 18.2 Å². The fourth-order valence-electron chi connectivity index (χ4n) is 2.28. The number of rotatable bonds is 6. The second-order valence-corrected chi connectivity index (χ2v) is 8.33. The van der Waals surface area contributed by atoms with Crippen LogP contribution in [0.15, 0.2) is 40.6 Å². The molecule has 1 N–H and O–H groups in total. The van der Waals surface area contributed by atoms with Crippen molar-refractivity contribution >= 4 is 21.4 Å². The van der Waals surface area contributed by atoms with E-state index >= 15 is 0 Å². The summed E-state index contributed by atoms with van der Waals surface area (Å²) in [6.07, 6.45) is 0. The summed E-state index contributed by atoms with van der Waals surface area (Å²) in [5, 5.41) is 2.00. The second kappa shape index (κ2) is 6.91. The molecule has 0 fully saturated rings. The normalized spacial score (nSPS) is 13.5. The van der Waals surface area contributed by atoms with E-state index in [2.05, 4.69) is 4.72 Å². The number of thiophene rings is 1. The molecule has 1 atom stereocenters. The molecule has 0 aliphatic rings. The Morgan fingerprint density at radius 2 is 1.95 bits per heavy atom. The van der Waals surface area contributed by atoms with Gasteiger partial charge in [-0.25, -0.2) is 13.1 Å². The van der Waals surface area contributed by atoms with Crippen LogP contribution < -0.4 is 4.72 Å². The van der Waals surface area contributed by atoms with E-state index in [0.717, 1.165) is 16.0 Å². The Hall–Kier alpha value is -1.21. The molecular weight excluding hydrogens is 316 g/mol. The van der Waals surface area contributed by atoms with Gasteiger partial charge in [0.1, 0.15) is 0 Å². The second-order valence-electron chi connectivity index (χ2n) is 5.62. The minimum atomic E-state index is -3.51. The van der Waals surface area contributed by atoms with E-state index in [4.69, 9.17) is 0 Å². The van der Waals surface area contributed by atoms with Crippen LogP contribution in [0.2, 0.25) is 0 Å². The monoisotopic (exact) mass is 338 g/mol. The molecule has 0 bridgehead atoms. The number of hydrogen-bond acceptors (Lipinski definition) is 4. The lowest BCUT2D eigenvalue weighted by Crippen LogP contribution is -2.34. The molecule has 1 unspecified atom stereocenters. The van der Waals surface area contributed by atoms with E-state index in [1.54, 1.807) is 17.4 Å². The summed E-state index contributed by atoms with van der Waals surface area (Å²) in [7, 11) is 0.405. The van der Waals surface area contributed by atoms with Crippen molar-refractivity contribution in [3.8, 4) is 0 Å². The molecule has 1 heterocycles. The van der Waals surface area contributed by atoms with Gasteiger partial charge in [-0.3, -0.25) is 0 Å². The molecule has 2 rings (SSSR count). The summed E-state index contributed by atoms with van der Waals surface area (Å²) < 4.78 is 27.9. The molecule has 1 aromatic carbocycles. The van der Waals surface area contributed by atoms with Crippen LogP contribution >= 0.6 is 11.3 Å². The Kier molecular flexibility index (Phi) is 5.39. The molecule has 0 aliphatic carbocycles. The van der Waals surface area contributed by atoms with Crippen molar-refractivity contribution < 1.29 is 8.42 Å². The standard InChI is InChI=1S/C16H22N2O2S2/c1-12-7-8-13(2)16(10-12)22(19,20)17-11-14(18(3)4)15-6-5-9-21-15/h5-10,14,17H,11H2,1-4H3. The summed E-state index contributed by atoms with van der Waals surface area (Å²) in [4.78, 5) is 3.53. The van der Waals surface area contributed by atoms with Crippen LogP contribution in [0.1, 0.15) is 22.0 Å². The Bertz CT molecular complexity index is 723. The van der Waals surface area contributed by atoms with Crippen molar-refractivity contribution in [1.29, 1.82) is 0 Å². The maximum absolute atomic E-state index is 12.6. The van der Waals surface area contributed by atoms with Gasteiger partial charge in [0, 0.05) is 11.4 Å². The van der Waals surface area contributed by atoms with E-state index in [0.29, 0.717) is 11.4 Å². The fourth-order valence-corrected chi connectivity index (χ4v) is 4.57. The highest BCUT2D eigenvalue weighted by atomic mass is 32.2. The number of likely N-dealkylation sites (N-methyl/N-ethyl adjacent to an activating group) is 1. The minimum absolute atomic E-state index is 0.0277. The summed E-state index contributed by atoms with van der Waals surface area (Å²) in [5.41, 5.74) is 1.70. The summed E-state index contributed by atoms with van der Waals surface area (Å²) in [6.45, 7) is 4.06. The third-order valence-electron chi connectivity index (χ3n) is 3.59. The van der Waals surface area contributed by atoms with E-state index < -0.39 is 10.0 Å². The molecule has 0 saturated heterocycles.